The van der Waals surface area contributed by atoms with Crippen molar-refractivity contribution in [2.75, 3.05) is 6.61 Å². The van der Waals surface area contributed by atoms with Gasteiger partial charge in [0.05, 0.1) is 24.4 Å². The summed E-state index contributed by atoms with van der Waals surface area (Å²) >= 11 is 0. The molecule has 2 N–H and O–H groups in total. The molecule has 0 saturated carbocycles. The molecule has 0 radical (unpaired) electrons. The van der Waals surface area contributed by atoms with Crippen LogP contribution in [-0.2, 0) is 4.74 Å². The molecule has 0 fully saturated rings. The monoisotopic (exact) mass is 190 g/mol. The van der Waals surface area contributed by atoms with Gasteiger partial charge in [0.15, 0.2) is 0 Å². The normalized spacial score (nSPS) is 17.1. The van der Waals surface area contributed by atoms with Gasteiger partial charge >= 0.3 is 0 Å². The first-order valence-electron chi connectivity index (χ1n) is 4.85. The Hall–Kier alpha value is -0.120. The largest absolute Gasteiger partial charge is 0.393 e. The van der Waals surface area contributed by atoms with Crippen LogP contribution in [0.15, 0.2) is 0 Å². The van der Waals surface area contributed by atoms with Gasteiger partial charge in [0.25, 0.3) is 0 Å². The van der Waals surface area contributed by atoms with Crippen molar-refractivity contribution >= 4 is 0 Å². The fourth-order valence-electron chi connectivity index (χ4n) is 0.895. The maximum Gasteiger partial charge on any atom is 0.0798 e. The smallest absolute Gasteiger partial charge is 0.0798 e. The highest BCUT2D eigenvalue weighted by Crippen LogP contribution is 2.09. The van der Waals surface area contributed by atoms with Crippen LogP contribution >= 0.6 is 0 Å². The van der Waals surface area contributed by atoms with Gasteiger partial charge in [-0.2, -0.15) is 0 Å². The molecule has 0 bridgehead atoms. The Morgan fingerprint density at radius 3 is 2.08 bits per heavy atom. The summed E-state index contributed by atoms with van der Waals surface area (Å²) in [5, 5.41) is 18.7. The molecule has 13 heavy (non-hydrogen) atoms. The van der Waals surface area contributed by atoms with E-state index in [1.54, 1.807) is 0 Å². The molecule has 0 aliphatic heterocycles. The quantitative estimate of drug-likeness (QED) is 0.687. The van der Waals surface area contributed by atoms with Crippen LogP contribution < -0.4 is 0 Å². The summed E-state index contributed by atoms with van der Waals surface area (Å²) in [6, 6.07) is 0. The van der Waals surface area contributed by atoms with Gasteiger partial charge in [0.1, 0.15) is 0 Å². The molecule has 0 amide bonds. The number of hydrogen-bond acceptors (Lipinski definition) is 3. The molecule has 2 atom stereocenters. The van der Waals surface area contributed by atoms with Crippen LogP contribution in [0.4, 0.5) is 0 Å². The number of aliphatic hydroxyl groups is 2. The van der Waals surface area contributed by atoms with Crippen molar-refractivity contribution in [1.29, 1.82) is 0 Å². The van der Waals surface area contributed by atoms with E-state index in [1.807, 2.05) is 27.7 Å². The molecule has 0 unspecified atom stereocenters. The van der Waals surface area contributed by atoms with E-state index < -0.39 is 12.2 Å². The van der Waals surface area contributed by atoms with E-state index in [1.165, 1.54) is 0 Å². The molecule has 0 aliphatic rings. The number of aliphatic hydroxyl groups excluding tert-OH is 2. The van der Waals surface area contributed by atoms with Crippen LogP contribution in [0.2, 0.25) is 0 Å². The van der Waals surface area contributed by atoms with E-state index in [0.29, 0.717) is 19.4 Å². The minimum Gasteiger partial charge on any atom is -0.393 e. The predicted molar refractivity (Wildman–Crippen MR) is 52.6 cm³/mol. The zero-order chi connectivity index (χ0) is 10.5. The van der Waals surface area contributed by atoms with Crippen LogP contribution in [0, 0.1) is 0 Å². The Labute approximate surface area is 80.7 Å². The Morgan fingerprint density at radius 1 is 1.15 bits per heavy atom. The second-order valence-corrected chi connectivity index (χ2v) is 4.37. The first kappa shape index (κ1) is 12.9. The van der Waals surface area contributed by atoms with Crippen molar-refractivity contribution < 1.29 is 14.9 Å². The number of ether oxygens (including phenoxy) is 1. The van der Waals surface area contributed by atoms with Crippen LogP contribution in [0.3, 0.4) is 0 Å². The van der Waals surface area contributed by atoms with Crippen molar-refractivity contribution in [3.05, 3.63) is 0 Å². The Kier molecular flexibility index (Phi) is 5.53. The maximum atomic E-state index is 9.43. The lowest BCUT2D eigenvalue weighted by Gasteiger charge is -2.22. The van der Waals surface area contributed by atoms with Gasteiger partial charge in [0.2, 0.25) is 0 Å². The molecule has 0 spiro atoms. The van der Waals surface area contributed by atoms with Crippen molar-refractivity contribution in [3.8, 4) is 0 Å². The third kappa shape index (κ3) is 8.22. The second kappa shape index (κ2) is 5.58. The van der Waals surface area contributed by atoms with Gasteiger partial charge in [0, 0.05) is 6.42 Å². The van der Waals surface area contributed by atoms with Crippen molar-refractivity contribution in [2.45, 2.75) is 58.3 Å². The second-order valence-electron chi connectivity index (χ2n) is 4.37. The van der Waals surface area contributed by atoms with Crippen molar-refractivity contribution in [1.82, 2.24) is 0 Å². The average Bonchev–Trinajstić information content (AvgIpc) is 1.99. The van der Waals surface area contributed by atoms with Gasteiger partial charge < -0.3 is 14.9 Å². The highest BCUT2D eigenvalue weighted by molar-refractivity contribution is 4.65. The van der Waals surface area contributed by atoms with Crippen LogP contribution in [0.5, 0.6) is 0 Å². The SMILES string of the molecule is CC[C@H](O)C[C@H](O)COC(C)(C)C. The summed E-state index contributed by atoms with van der Waals surface area (Å²) in [5.41, 5.74) is -0.224. The maximum absolute atomic E-state index is 9.43. The number of hydrogen-bond donors (Lipinski definition) is 2. The average molecular weight is 190 g/mol. The van der Waals surface area contributed by atoms with E-state index in [4.69, 9.17) is 4.74 Å². The molecule has 0 aromatic rings. The van der Waals surface area contributed by atoms with E-state index in [2.05, 4.69) is 0 Å². The summed E-state index contributed by atoms with van der Waals surface area (Å²) in [6.07, 6.45) is 0.0897. The molecule has 80 valence electrons. The molecule has 0 aromatic carbocycles. The molecule has 0 heterocycles. The molecule has 0 aromatic heterocycles. The van der Waals surface area contributed by atoms with Gasteiger partial charge in [-0.15, -0.1) is 0 Å². The van der Waals surface area contributed by atoms with E-state index in [0.717, 1.165) is 0 Å². The first-order valence-corrected chi connectivity index (χ1v) is 4.85. The van der Waals surface area contributed by atoms with E-state index in [-0.39, 0.29) is 5.60 Å². The zero-order valence-corrected chi connectivity index (χ0v) is 9.08. The number of rotatable bonds is 5. The summed E-state index contributed by atoms with van der Waals surface area (Å²) < 4.78 is 5.38. The van der Waals surface area contributed by atoms with Gasteiger partial charge in [-0.3, -0.25) is 0 Å². The third-order valence-corrected chi connectivity index (χ3v) is 1.72. The van der Waals surface area contributed by atoms with E-state index in [9.17, 15) is 10.2 Å². The zero-order valence-electron chi connectivity index (χ0n) is 9.08. The van der Waals surface area contributed by atoms with Crippen LogP contribution in [0.1, 0.15) is 40.5 Å². The molecular weight excluding hydrogens is 168 g/mol. The van der Waals surface area contributed by atoms with E-state index >= 15 is 0 Å². The summed E-state index contributed by atoms with van der Waals surface area (Å²) in [4.78, 5) is 0. The van der Waals surface area contributed by atoms with Crippen LogP contribution in [0.25, 0.3) is 0 Å². The molecule has 0 rings (SSSR count). The van der Waals surface area contributed by atoms with Crippen molar-refractivity contribution in [3.63, 3.8) is 0 Å². The highest BCUT2D eigenvalue weighted by Gasteiger charge is 2.15. The third-order valence-electron chi connectivity index (χ3n) is 1.72. The van der Waals surface area contributed by atoms with Gasteiger partial charge in [-0.25, -0.2) is 0 Å². The van der Waals surface area contributed by atoms with Crippen LogP contribution in [-0.4, -0.2) is 34.6 Å². The minimum atomic E-state index is -0.561. The first-order chi connectivity index (χ1) is 5.85. The summed E-state index contributed by atoms with van der Waals surface area (Å²) in [6.45, 7) is 8.00. The molecule has 0 saturated heterocycles. The molecule has 3 heteroatoms. The fraction of sp³-hybridized carbons (Fsp3) is 1.00. The Bertz CT molecular complexity index is 129. The van der Waals surface area contributed by atoms with Crippen molar-refractivity contribution in [2.24, 2.45) is 0 Å². The lowest BCUT2D eigenvalue weighted by molar-refractivity contribution is -0.0598. The lowest BCUT2D eigenvalue weighted by atomic mass is 10.1. The van der Waals surface area contributed by atoms with Gasteiger partial charge in [-0.1, -0.05) is 6.92 Å². The topological polar surface area (TPSA) is 49.7 Å². The standard InChI is InChI=1S/C10H22O3/c1-5-8(11)6-9(12)7-13-10(2,3)4/h8-9,11-12H,5-7H2,1-4H3/t8-,9-/m0/s1. The predicted octanol–water partition coefficient (Wildman–Crippen LogP) is 1.32. The molecular formula is C10H22O3. The highest BCUT2D eigenvalue weighted by atomic mass is 16.5. The lowest BCUT2D eigenvalue weighted by Crippen LogP contribution is -2.28. The molecule has 0 aliphatic carbocycles. The Morgan fingerprint density at radius 2 is 1.69 bits per heavy atom. The fourth-order valence-corrected chi connectivity index (χ4v) is 0.895. The minimum absolute atomic E-state index is 0.224. The Balaban J connectivity index is 3.57. The summed E-state index contributed by atoms with van der Waals surface area (Å²) in [5.74, 6) is 0. The van der Waals surface area contributed by atoms with Gasteiger partial charge in [-0.05, 0) is 27.2 Å². The summed E-state index contributed by atoms with van der Waals surface area (Å²) in [7, 11) is 0. The molecule has 3 nitrogen and oxygen atoms in total.